The van der Waals surface area contributed by atoms with Gasteiger partial charge in [-0.2, -0.15) is 0 Å². The van der Waals surface area contributed by atoms with Crippen molar-refractivity contribution in [3.05, 3.63) is 71.9 Å². The molecule has 0 aliphatic carbocycles. The first-order valence-corrected chi connectivity index (χ1v) is 8.59. The number of hydrogen-bond donors (Lipinski definition) is 0. The Hall–Kier alpha value is -2.73. The molecule has 0 radical (unpaired) electrons. The van der Waals surface area contributed by atoms with Gasteiger partial charge in [-0.15, -0.1) is 10.2 Å². The molecule has 0 unspecified atom stereocenters. The summed E-state index contributed by atoms with van der Waals surface area (Å²) in [6, 6.07) is 16.1. The third-order valence-electron chi connectivity index (χ3n) is 4.41. The van der Waals surface area contributed by atoms with Gasteiger partial charge in [0.2, 0.25) is 5.88 Å². The molecule has 0 atom stereocenters. The van der Waals surface area contributed by atoms with Crippen LogP contribution in [-0.2, 0) is 19.5 Å². The van der Waals surface area contributed by atoms with Crippen LogP contribution in [0.1, 0.15) is 17.2 Å². The summed E-state index contributed by atoms with van der Waals surface area (Å²) in [4.78, 5) is 6.52. The fraction of sp³-hybridized carbons (Fsp3) is 0.316. The van der Waals surface area contributed by atoms with Crippen LogP contribution < -0.4 is 4.74 Å². The summed E-state index contributed by atoms with van der Waals surface area (Å²) in [6.07, 6.45) is 2.57. The van der Waals surface area contributed by atoms with Gasteiger partial charge in [0.05, 0.1) is 6.54 Å². The van der Waals surface area contributed by atoms with E-state index in [1.54, 1.807) is 6.20 Å². The maximum absolute atomic E-state index is 5.69. The van der Waals surface area contributed by atoms with E-state index in [4.69, 9.17) is 4.74 Å². The zero-order chi connectivity index (χ0) is 16.9. The average Bonchev–Trinajstić information content (AvgIpc) is 3.06. The molecule has 0 amide bonds. The number of fused-ring (bicyclic) bond motifs is 1. The molecule has 25 heavy (non-hydrogen) atoms. The molecule has 1 aliphatic heterocycles. The van der Waals surface area contributed by atoms with E-state index in [0.29, 0.717) is 12.5 Å². The van der Waals surface area contributed by atoms with Crippen LogP contribution in [0, 0.1) is 0 Å². The first-order valence-electron chi connectivity index (χ1n) is 8.59. The maximum atomic E-state index is 5.69. The van der Waals surface area contributed by atoms with Crippen molar-refractivity contribution >= 4 is 0 Å². The second kappa shape index (κ2) is 7.44. The third-order valence-corrected chi connectivity index (χ3v) is 4.41. The monoisotopic (exact) mass is 335 g/mol. The second-order valence-corrected chi connectivity index (χ2v) is 6.14. The Morgan fingerprint density at radius 3 is 2.68 bits per heavy atom. The highest BCUT2D eigenvalue weighted by molar-refractivity contribution is 5.19. The number of pyridine rings is 1. The topological polar surface area (TPSA) is 56.1 Å². The van der Waals surface area contributed by atoms with Crippen LogP contribution in [0.4, 0.5) is 0 Å². The van der Waals surface area contributed by atoms with Gasteiger partial charge in [-0.05, 0) is 11.6 Å². The molecule has 4 rings (SSSR count). The summed E-state index contributed by atoms with van der Waals surface area (Å²) in [5, 5.41) is 8.79. The molecule has 0 fully saturated rings. The van der Waals surface area contributed by atoms with Crippen LogP contribution >= 0.6 is 0 Å². The number of hydrogen-bond acceptors (Lipinski definition) is 5. The van der Waals surface area contributed by atoms with E-state index >= 15 is 0 Å². The molecule has 3 aromatic rings. The lowest BCUT2D eigenvalue weighted by atomic mass is 10.1. The summed E-state index contributed by atoms with van der Waals surface area (Å²) in [5.74, 6) is 2.76. The van der Waals surface area contributed by atoms with Gasteiger partial charge in [0, 0.05) is 38.3 Å². The maximum Gasteiger partial charge on any atom is 0.213 e. The fourth-order valence-corrected chi connectivity index (χ4v) is 3.08. The van der Waals surface area contributed by atoms with Gasteiger partial charge in [-0.3, -0.25) is 4.90 Å². The van der Waals surface area contributed by atoms with Crippen LogP contribution in [-0.4, -0.2) is 44.3 Å². The van der Waals surface area contributed by atoms with E-state index in [1.165, 1.54) is 5.56 Å². The second-order valence-electron chi connectivity index (χ2n) is 6.14. The largest absolute Gasteiger partial charge is 0.476 e. The fourth-order valence-electron chi connectivity index (χ4n) is 3.08. The summed E-state index contributed by atoms with van der Waals surface area (Å²) in [7, 11) is 0. The van der Waals surface area contributed by atoms with Crippen molar-refractivity contribution < 1.29 is 4.74 Å². The predicted octanol–water partition coefficient (Wildman–Crippen LogP) is 2.16. The van der Waals surface area contributed by atoms with Crippen molar-refractivity contribution in [2.45, 2.75) is 19.5 Å². The average molecular weight is 335 g/mol. The Kier molecular flexibility index (Phi) is 4.70. The number of benzene rings is 1. The molecule has 0 bridgehead atoms. The molecule has 6 heteroatoms. The summed E-state index contributed by atoms with van der Waals surface area (Å²) in [5.41, 5.74) is 1.27. The van der Waals surface area contributed by atoms with Crippen molar-refractivity contribution in [3.63, 3.8) is 0 Å². The molecule has 3 heterocycles. The Bertz CT molecular complexity index is 803. The highest BCUT2D eigenvalue weighted by Gasteiger charge is 2.21. The molecule has 0 saturated carbocycles. The van der Waals surface area contributed by atoms with E-state index in [-0.39, 0.29) is 0 Å². The van der Waals surface area contributed by atoms with Gasteiger partial charge in [0.25, 0.3) is 0 Å². The van der Waals surface area contributed by atoms with Crippen LogP contribution in [0.2, 0.25) is 0 Å². The lowest BCUT2D eigenvalue weighted by Gasteiger charge is -2.27. The highest BCUT2D eigenvalue weighted by Crippen LogP contribution is 2.15. The number of ether oxygens (including phenoxy) is 1. The lowest BCUT2D eigenvalue weighted by Crippen LogP contribution is -2.37. The van der Waals surface area contributed by atoms with E-state index in [0.717, 1.165) is 44.2 Å². The van der Waals surface area contributed by atoms with Gasteiger partial charge in [0.1, 0.15) is 18.3 Å². The zero-order valence-corrected chi connectivity index (χ0v) is 14.1. The van der Waals surface area contributed by atoms with Crippen molar-refractivity contribution in [1.29, 1.82) is 0 Å². The summed E-state index contributed by atoms with van der Waals surface area (Å²) in [6.45, 7) is 4.21. The molecular formula is C19H21N5O. The van der Waals surface area contributed by atoms with Gasteiger partial charge >= 0.3 is 0 Å². The number of aromatic nitrogens is 4. The molecule has 1 aromatic carbocycles. The SMILES string of the molecule is c1ccc(Cc2nnc3n2CCN(CCOc2ccccn2)C3)cc1. The van der Waals surface area contributed by atoms with Crippen molar-refractivity contribution in [3.8, 4) is 5.88 Å². The molecule has 128 valence electrons. The first-order chi connectivity index (χ1) is 12.4. The quantitative estimate of drug-likeness (QED) is 0.691. The first kappa shape index (κ1) is 15.8. The van der Waals surface area contributed by atoms with Crippen molar-refractivity contribution in [1.82, 2.24) is 24.6 Å². The number of rotatable bonds is 6. The summed E-state index contributed by atoms with van der Waals surface area (Å²) < 4.78 is 7.94. The van der Waals surface area contributed by atoms with Gasteiger partial charge in [-0.1, -0.05) is 36.4 Å². The van der Waals surface area contributed by atoms with E-state index < -0.39 is 0 Å². The molecule has 6 nitrogen and oxygen atoms in total. The Morgan fingerprint density at radius 1 is 0.960 bits per heavy atom. The molecule has 0 N–H and O–H groups in total. The van der Waals surface area contributed by atoms with E-state index in [2.05, 4.69) is 48.9 Å². The Balaban J connectivity index is 1.33. The minimum atomic E-state index is 0.627. The zero-order valence-electron chi connectivity index (χ0n) is 14.1. The van der Waals surface area contributed by atoms with E-state index in [1.807, 2.05) is 24.3 Å². The molecular weight excluding hydrogens is 314 g/mol. The highest BCUT2D eigenvalue weighted by atomic mass is 16.5. The Morgan fingerprint density at radius 2 is 1.84 bits per heavy atom. The smallest absolute Gasteiger partial charge is 0.213 e. The minimum absolute atomic E-state index is 0.627. The van der Waals surface area contributed by atoms with Crippen molar-refractivity contribution in [2.75, 3.05) is 19.7 Å². The molecule has 1 aliphatic rings. The molecule has 0 spiro atoms. The van der Waals surface area contributed by atoms with Gasteiger partial charge in [-0.25, -0.2) is 4.98 Å². The van der Waals surface area contributed by atoms with Crippen LogP contribution in [0.3, 0.4) is 0 Å². The van der Waals surface area contributed by atoms with Crippen LogP contribution in [0.25, 0.3) is 0 Å². The van der Waals surface area contributed by atoms with Gasteiger partial charge in [0.15, 0.2) is 0 Å². The van der Waals surface area contributed by atoms with Crippen LogP contribution in [0.15, 0.2) is 54.7 Å². The predicted molar refractivity (Wildman–Crippen MR) is 94.3 cm³/mol. The third kappa shape index (κ3) is 3.85. The van der Waals surface area contributed by atoms with Crippen LogP contribution in [0.5, 0.6) is 5.88 Å². The number of nitrogens with zero attached hydrogens (tertiary/aromatic N) is 5. The summed E-state index contributed by atoms with van der Waals surface area (Å²) >= 11 is 0. The molecule has 2 aromatic heterocycles. The standard InChI is InChI=1S/C19H21N5O/c1-2-6-16(7-3-1)14-17-21-22-18-15-23(10-11-24(17)18)12-13-25-19-8-4-5-9-20-19/h1-9H,10-15H2. The van der Waals surface area contributed by atoms with Crippen molar-refractivity contribution in [2.24, 2.45) is 0 Å². The Labute approximate surface area is 147 Å². The minimum Gasteiger partial charge on any atom is -0.476 e. The molecule has 0 saturated heterocycles. The normalized spacial score (nSPS) is 14.2. The van der Waals surface area contributed by atoms with E-state index in [9.17, 15) is 0 Å². The van der Waals surface area contributed by atoms with Gasteiger partial charge < -0.3 is 9.30 Å². The lowest BCUT2D eigenvalue weighted by molar-refractivity contribution is 0.171.